The van der Waals surface area contributed by atoms with Crippen LogP contribution in [0.5, 0.6) is 0 Å². The van der Waals surface area contributed by atoms with Crippen LogP contribution in [0.1, 0.15) is 43.4 Å². The first-order valence-electron chi connectivity index (χ1n) is 9.85. The molecular formula is C23H27N3O2. The van der Waals surface area contributed by atoms with Gasteiger partial charge in [-0.05, 0) is 53.8 Å². The topological polar surface area (TPSA) is 67.2 Å². The third-order valence-corrected chi connectivity index (χ3v) is 4.68. The number of nitrogens with zero attached hydrogens (tertiary/aromatic N) is 2. The predicted molar refractivity (Wildman–Crippen MR) is 113 cm³/mol. The molecule has 146 valence electrons. The Hall–Kier alpha value is -3.08. The number of benzene rings is 2. The summed E-state index contributed by atoms with van der Waals surface area (Å²) in [5, 5.41) is 17.3. The van der Waals surface area contributed by atoms with Gasteiger partial charge in [0.1, 0.15) is 0 Å². The van der Waals surface area contributed by atoms with E-state index in [1.54, 1.807) is 0 Å². The lowest BCUT2D eigenvalue weighted by atomic mass is 9.92. The molecule has 1 aromatic heterocycles. The monoisotopic (exact) mass is 377 g/mol. The number of para-hydroxylation sites is 1. The standard InChI is InChI=1S/C23H27N3O2/c1-3-8-17-14-19(15-18(9-4-2)21(17)16-23(27)28)24-22-12-13-26(25-22)20-10-6-5-7-11-20/h5-7,10-15H,3-4,8-9,16H2,1-2H3,(H,24,25)(H,27,28). The van der Waals surface area contributed by atoms with Gasteiger partial charge in [0.2, 0.25) is 0 Å². The lowest BCUT2D eigenvalue weighted by Crippen LogP contribution is -2.09. The van der Waals surface area contributed by atoms with Gasteiger partial charge < -0.3 is 10.4 Å². The van der Waals surface area contributed by atoms with Crippen molar-refractivity contribution >= 4 is 17.5 Å². The van der Waals surface area contributed by atoms with Crippen LogP contribution in [0.2, 0.25) is 0 Å². The fourth-order valence-electron chi connectivity index (χ4n) is 3.50. The van der Waals surface area contributed by atoms with Gasteiger partial charge in [-0.3, -0.25) is 4.79 Å². The number of nitrogens with one attached hydrogen (secondary N) is 1. The van der Waals surface area contributed by atoms with Crippen molar-refractivity contribution in [2.75, 3.05) is 5.32 Å². The molecule has 5 nitrogen and oxygen atoms in total. The second kappa shape index (κ2) is 9.22. The fraction of sp³-hybridized carbons (Fsp3) is 0.304. The average molecular weight is 377 g/mol. The van der Waals surface area contributed by atoms with Crippen molar-refractivity contribution in [2.45, 2.75) is 46.0 Å². The summed E-state index contributed by atoms with van der Waals surface area (Å²) in [7, 11) is 0. The Bertz CT molecular complexity index is 905. The Kier molecular flexibility index (Phi) is 6.48. The zero-order chi connectivity index (χ0) is 19.9. The summed E-state index contributed by atoms with van der Waals surface area (Å²) in [4.78, 5) is 11.4. The van der Waals surface area contributed by atoms with Gasteiger partial charge in [0.05, 0.1) is 12.1 Å². The van der Waals surface area contributed by atoms with E-state index in [1.165, 1.54) is 0 Å². The normalized spacial score (nSPS) is 10.8. The number of aromatic nitrogens is 2. The molecule has 3 aromatic rings. The van der Waals surface area contributed by atoms with Gasteiger partial charge in [-0.25, -0.2) is 4.68 Å². The molecule has 0 unspecified atom stereocenters. The highest BCUT2D eigenvalue weighted by atomic mass is 16.4. The van der Waals surface area contributed by atoms with E-state index in [4.69, 9.17) is 0 Å². The summed E-state index contributed by atoms with van der Waals surface area (Å²) in [6.07, 6.45) is 5.69. The van der Waals surface area contributed by atoms with Gasteiger partial charge in [0, 0.05) is 18.0 Å². The van der Waals surface area contributed by atoms with Crippen molar-refractivity contribution in [1.82, 2.24) is 9.78 Å². The first kappa shape index (κ1) is 19.7. The molecule has 0 spiro atoms. The Morgan fingerprint density at radius 2 is 1.68 bits per heavy atom. The number of hydrogen-bond donors (Lipinski definition) is 2. The number of anilines is 2. The molecule has 28 heavy (non-hydrogen) atoms. The Morgan fingerprint density at radius 3 is 2.25 bits per heavy atom. The molecule has 0 fully saturated rings. The number of carboxylic acid groups (broad SMARTS) is 1. The predicted octanol–water partition coefficient (Wildman–Crippen LogP) is 5.15. The third kappa shape index (κ3) is 4.80. The summed E-state index contributed by atoms with van der Waals surface area (Å²) in [5.74, 6) is -0.0169. The molecule has 0 saturated heterocycles. The smallest absolute Gasteiger partial charge is 0.307 e. The van der Waals surface area contributed by atoms with Crippen LogP contribution in [0.3, 0.4) is 0 Å². The van der Waals surface area contributed by atoms with Crippen molar-refractivity contribution in [3.8, 4) is 5.69 Å². The minimum Gasteiger partial charge on any atom is -0.481 e. The number of carbonyl (C=O) groups is 1. The Morgan fingerprint density at radius 1 is 1.04 bits per heavy atom. The van der Waals surface area contributed by atoms with Crippen LogP contribution in [0.4, 0.5) is 11.5 Å². The third-order valence-electron chi connectivity index (χ3n) is 4.68. The highest BCUT2D eigenvalue weighted by molar-refractivity contribution is 5.73. The van der Waals surface area contributed by atoms with E-state index in [0.29, 0.717) is 0 Å². The Balaban J connectivity index is 1.91. The summed E-state index contributed by atoms with van der Waals surface area (Å²) in [5.41, 5.74) is 5.16. The number of hydrogen-bond acceptors (Lipinski definition) is 3. The molecule has 3 rings (SSSR count). The van der Waals surface area contributed by atoms with Crippen molar-refractivity contribution in [3.63, 3.8) is 0 Å². The summed E-state index contributed by atoms with van der Waals surface area (Å²) in [6.45, 7) is 4.23. The SMILES string of the molecule is CCCc1cc(Nc2ccn(-c3ccccc3)n2)cc(CCC)c1CC(=O)O. The van der Waals surface area contributed by atoms with Crippen LogP contribution in [0, 0.1) is 0 Å². The molecular weight excluding hydrogens is 350 g/mol. The van der Waals surface area contributed by atoms with Crippen LogP contribution in [0.15, 0.2) is 54.7 Å². The molecule has 0 aliphatic carbocycles. The largest absolute Gasteiger partial charge is 0.481 e. The minimum absolute atomic E-state index is 0.0770. The Labute approximate surface area is 166 Å². The maximum atomic E-state index is 11.4. The summed E-state index contributed by atoms with van der Waals surface area (Å²) < 4.78 is 1.83. The quantitative estimate of drug-likeness (QED) is 0.541. The van der Waals surface area contributed by atoms with Gasteiger partial charge in [0.25, 0.3) is 0 Å². The number of rotatable bonds is 9. The number of aliphatic carboxylic acids is 1. The average Bonchev–Trinajstić information content (AvgIpc) is 3.14. The number of carboxylic acids is 1. The molecule has 0 aliphatic heterocycles. The van der Waals surface area contributed by atoms with E-state index < -0.39 is 5.97 Å². The van der Waals surface area contributed by atoms with E-state index in [2.05, 4.69) is 36.4 Å². The highest BCUT2D eigenvalue weighted by Crippen LogP contribution is 2.27. The van der Waals surface area contributed by atoms with Crippen molar-refractivity contribution in [3.05, 3.63) is 71.4 Å². The zero-order valence-electron chi connectivity index (χ0n) is 16.5. The molecule has 2 aromatic carbocycles. The van der Waals surface area contributed by atoms with Gasteiger partial charge in [-0.15, -0.1) is 0 Å². The van der Waals surface area contributed by atoms with Crippen LogP contribution in [-0.2, 0) is 24.1 Å². The van der Waals surface area contributed by atoms with Crippen LogP contribution < -0.4 is 5.32 Å². The molecule has 2 N–H and O–H groups in total. The first-order chi connectivity index (χ1) is 13.6. The molecule has 0 atom stereocenters. The van der Waals surface area contributed by atoms with Gasteiger partial charge >= 0.3 is 5.97 Å². The van der Waals surface area contributed by atoms with E-state index in [-0.39, 0.29) is 6.42 Å². The molecule has 0 bridgehead atoms. The zero-order valence-corrected chi connectivity index (χ0v) is 16.5. The second-order valence-corrected chi connectivity index (χ2v) is 6.95. The van der Waals surface area contributed by atoms with Crippen molar-refractivity contribution in [1.29, 1.82) is 0 Å². The molecule has 0 saturated carbocycles. The van der Waals surface area contributed by atoms with Crippen LogP contribution in [-0.4, -0.2) is 20.9 Å². The molecule has 1 heterocycles. The second-order valence-electron chi connectivity index (χ2n) is 6.95. The maximum Gasteiger partial charge on any atom is 0.307 e. The van der Waals surface area contributed by atoms with Crippen molar-refractivity contribution in [2.24, 2.45) is 0 Å². The number of aryl methyl sites for hydroxylation is 2. The highest BCUT2D eigenvalue weighted by Gasteiger charge is 2.14. The molecule has 0 aliphatic rings. The van der Waals surface area contributed by atoms with Crippen molar-refractivity contribution < 1.29 is 9.90 Å². The van der Waals surface area contributed by atoms with E-state index in [1.807, 2.05) is 47.3 Å². The van der Waals surface area contributed by atoms with Gasteiger partial charge in [-0.2, -0.15) is 5.10 Å². The molecule has 0 amide bonds. The lowest BCUT2D eigenvalue weighted by Gasteiger charge is -2.16. The van der Waals surface area contributed by atoms with E-state index in [9.17, 15) is 9.90 Å². The molecule has 5 heteroatoms. The first-order valence-corrected chi connectivity index (χ1v) is 9.85. The van der Waals surface area contributed by atoms with Crippen LogP contribution in [0.25, 0.3) is 5.69 Å². The molecule has 0 radical (unpaired) electrons. The van der Waals surface area contributed by atoms with Gasteiger partial charge in [-0.1, -0.05) is 44.9 Å². The summed E-state index contributed by atoms with van der Waals surface area (Å²) >= 11 is 0. The van der Waals surface area contributed by atoms with E-state index in [0.717, 1.165) is 59.6 Å². The maximum absolute atomic E-state index is 11.4. The lowest BCUT2D eigenvalue weighted by molar-refractivity contribution is -0.136. The summed E-state index contributed by atoms with van der Waals surface area (Å²) in [6, 6.07) is 16.1. The van der Waals surface area contributed by atoms with E-state index >= 15 is 0 Å². The van der Waals surface area contributed by atoms with Crippen LogP contribution >= 0.6 is 0 Å². The minimum atomic E-state index is -0.781. The fourth-order valence-corrected chi connectivity index (χ4v) is 3.50. The van der Waals surface area contributed by atoms with Gasteiger partial charge in [0.15, 0.2) is 5.82 Å².